The summed E-state index contributed by atoms with van der Waals surface area (Å²) in [6, 6.07) is 10.4. The number of carbonyl (C=O) groups excluding carboxylic acids is 1. The molecule has 0 aliphatic carbocycles. The van der Waals surface area contributed by atoms with Gasteiger partial charge in [0, 0.05) is 74.9 Å². The second-order valence-corrected chi connectivity index (χ2v) is 11.7. The van der Waals surface area contributed by atoms with Gasteiger partial charge in [-0.05, 0) is 62.7 Å². The molecule has 2 amide bonds. The Morgan fingerprint density at radius 1 is 0.889 bits per heavy atom. The standard InChI is InChI=1S/C26H35N5O4S/c1-28-15-17-29(18-16-28)24-9-10-25(35-2)22-11-14-30(19-23(22)24)26(32)27-20-5-7-21(8-6-20)36(33,34)31-12-3-4-13-31/h5-10H,3-4,11-19H2,1-2H3,(H,27,32). The van der Waals surface area contributed by atoms with Crippen LogP contribution >= 0.6 is 0 Å². The molecule has 0 bridgehead atoms. The predicted molar refractivity (Wildman–Crippen MR) is 140 cm³/mol. The molecule has 2 aromatic rings. The molecule has 2 saturated heterocycles. The highest BCUT2D eigenvalue weighted by Gasteiger charge is 2.29. The van der Waals surface area contributed by atoms with Gasteiger partial charge in [0.1, 0.15) is 5.75 Å². The first-order valence-electron chi connectivity index (χ1n) is 12.6. The quantitative estimate of drug-likeness (QED) is 0.662. The van der Waals surface area contributed by atoms with E-state index in [-0.39, 0.29) is 10.9 Å². The van der Waals surface area contributed by atoms with E-state index in [0.717, 1.165) is 56.8 Å². The van der Waals surface area contributed by atoms with Crippen molar-refractivity contribution in [3.05, 3.63) is 47.5 Å². The van der Waals surface area contributed by atoms with Gasteiger partial charge in [0.2, 0.25) is 10.0 Å². The van der Waals surface area contributed by atoms with Crippen LogP contribution in [-0.2, 0) is 23.0 Å². The van der Waals surface area contributed by atoms with Crippen LogP contribution in [0.1, 0.15) is 24.0 Å². The number of nitrogens with one attached hydrogen (secondary N) is 1. The number of ether oxygens (including phenoxy) is 1. The molecule has 194 valence electrons. The van der Waals surface area contributed by atoms with Crippen molar-refractivity contribution in [1.29, 1.82) is 0 Å². The van der Waals surface area contributed by atoms with Crippen LogP contribution in [0.15, 0.2) is 41.3 Å². The van der Waals surface area contributed by atoms with Crippen molar-refractivity contribution in [2.75, 3.05) is 70.2 Å². The van der Waals surface area contributed by atoms with Crippen molar-refractivity contribution in [2.24, 2.45) is 0 Å². The Morgan fingerprint density at radius 3 is 2.25 bits per heavy atom. The molecule has 0 atom stereocenters. The lowest BCUT2D eigenvalue weighted by Gasteiger charge is -2.38. The van der Waals surface area contributed by atoms with Gasteiger partial charge in [0.25, 0.3) is 0 Å². The van der Waals surface area contributed by atoms with E-state index in [9.17, 15) is 13.2 Å². The number of likely N-dealkylation sites (N-methyl/N-ethyl adjacent to an activating group) is 1. The number of anilines is 2. The van der Waals surface area contributed by atoms with Crippen LogP contribution in [0.2, 0.25) is 0 Å². The second-order valence-electron chi connectivity index (χ2n) is 9.77. The van der Waals surface area contributed by atoms with Gasteiger partial charge in [-0.1, -0.05) is 0 Å². The average Bonchev–Trinajstić information content (AvgIpc) is 3.45. The van der Waals surface area contributed by atoms with Gasteiger partial charge in [-0.2, -0.15) is 4.31 Å². The zero-order valence-corrected chi connectivity index (χ0v) is 21.9. The van der Waals surface area contributed by atoms with Crippen LogP contribution < -0.4 is 15.0 Å². The zero-order chi connectivity index (χ0) is 25.3. The van der Waals surface area contributed by atoms with E-state index >= 15 is 0 Å². The van der Waals surface area contributed by atoms with Gasteiger partial charge in [-0.3, -0.25) is 0 Å². The monoisotopic (exact) mass is 513 g/mol. The lowest BCUT2D eigenvalue weighted by Crippen LogP contribution is -2.46. The molecule has 10 heteroatoms. The molecule has 0 aromatic heterocycles. The number of hydrogen-bond donors (Lipinski definition) is 1. The van der Waals surface area contributed by atoms with E-state index in [1.54, 1.807) is 31.4 Å². The Bertz CT molecular complexity index is 1200. The first kappa shape index (κ1) is 24.9. The molecule has 0 radical (unpaired) electrons. The second kappa shape index (κ2) is 10.3. The third kappa shape index (κ3) is 4.89. The lowest BCUT2D eigenvalue weighted by molar-refractivity contribution is 0.206. The summed E-state index contributed by atoms with van der Waals surface area (Å²) in [5.74, 6) is 0.873. The van der Waals surface area contributed by atoms with E-state index in [1.165, 1.54) is 15.6 Å². The van der Waals surface area contributed by atoms with Gasteiger partial charge >= 0.3 is 6.03 Å². The Morgan fingerprint density at radius 2 is 1.58 bits per heavy atom. The van der Waals surface area contributed by atoms with E-state index in [4.69, 9.17) is 4.74 Å². The molecular formula is C26H35N5O4S. The van der Waals surface area contributed by atoms with Crippen LogP contribution in [0.5, 0.6) is 5.75 Å². The van der Waals surface area contributed by atoms with Crippen LogP contribution in [0, 0.1) is 0 Å². The minimum absolute atomic E-state index is 0.192. The number of urea groups is 1. The number of rotatable bonds is 5. The van der Waals surface area contributed by atoms with E-state index < -0.39 is 10.0 Å². The highest BCUT2D eigenvalue weighted by atomic mass is 32.2. The van der Waals surface area contributed by atoms with Crippen molar-refractivity contribution >= 4 is 27.4 Å². The Kier molecular flexibility index (Phi) is 7.09. The van der Waals surface area contributed by atoms with Crippen LogP contribution in [0.25, 0.3) is 0 Å². The molecule has 1 N–H and O–H groups in total. The number of carbonyl (C=O) groups is 1. The van der Waals surface area contributed by atoms with Crippen molar-refractivity contribution in [3.63, 3.8) is 0 Å². The number of amides is 2. The summed E-state index contributed by atoms with van der Waals surface area (Å²) in [6.45, 7) is 6.14. The lowest BCUT2D eigenvalue weighted by atomic mass is 9.96. The van der Waals surface area contributed by atoms with Crippen molar-refractivity contribution < 1.29 is 17.9 Å². The zero-order valence-electron chi connectivity index (χ0n) is 21.1. The van der Waals surface area contributed by atoms with E-state index in [1.807, 2.05) is 11.0 Å². The Labute approximate surface area is 213 Å². The molecular weight excluding hydrogens is 478 g/mol. The molecule has 3 heterocycles. The number of benzene rings is 2. The predicted octanol–water partition coefficient (Wildman–Crippen LogP) is 2.82. The summed E-state index contributed by atoms with van der Waals surface area (Å²) in [7, 11) is 0.360. The number of fused-ring (bicyclic) bond motifs is 1. The smallest absolute Gasteiger partial charge is 0.322 e. The number of nitrogens with zero attached hydrogens (tertiary/aromatic N) is 4. The number of sulfonamides is 1. The van der Waals surface area contributed by atoms with Gasteiger partial charge in [0.05, 0.1) is 12.0 Å². The highest BCUT2D eigenvalue weighted by Crippen LogP contribution is 2.36. The fraction of sp³-hybridized carbons (Fsp3) is 0.500. The first-order chi connectivity index (χ1) is 17.4. The fourth-order valence-corrected chi connectivity index (χ4v) is 6.84. The first-order valence-corrected chi connectivity index (χ1v) is 14.1. The van der Waals surface area contributed by atoms with E-state index in [2.05, 4.69) is 28.2 Å². The van der Waals surface area contributed by atoms with Crippen molar-refractivity contribution in [3.8, 4) is 5.75 Å². The maximum Gasteiger partial charge on any atom is 0.322 e. The van der Waals surface area contributed by atoms with Gasteiger partial charge in [0.15, 0.2) is 0 Å². The molecule has 3 aliphatic rings. The highest BCUT2D eigenvalue weighted by molar-refractivity contribution is 7.89. The third-order valence-electron chi connectivity index (χ3n) is 7.50. The summed E-state index contributed by atoms with van der Waals surface area (Å²) in [6.07, 6.45) is 2.52. The van der Waals surface area contributed by atoms with Crippen LogP contribution in [0.3, 0.4) is 0 Å². The molecule has 36 heavy (non-hydrogen) atoms. The minimum atomic E-state index is -3.47. The largest absolute Gasteiger partial charge is 0.496 e. The number of methoxy groups -OCH3 is 1. The van der Waals surface area contributed by atoms with Gasteiger partial charge in [-0.15, -0.1) is 0 Å². The molecule has 0 unspecified atom stereocenters. The molecule has 0 spiro atoms. The summed E-state index contributed by atoms with van der Waals surface area (Å²) in [5, 5.41) is 2.95. The van der Waals surface area contributed by atoms with Gasteiger partial charge < -0.3 is 24.8 Å². The van der Waals surface area contributed by atoms with Crippen LogP contribution in [-0.4, -0.2) is 88.5 Å². The molecule has 2 fully saturated rings. The summed E-state index contributed by atoms with van der Waals surface area (Å²) >= 11 is 0. The molecule has 9 nitrogen and oxygen atoms in total. The molecule has 0 saturated carbocycles. The number of piperazine rings is 1. The van der Waals surface area contributed by atoms with Crippen LogP contribution in [0.4, 0.5) is 16.2 Å². The Hall–Kier alpha value is -2.82. The molecule has 3 aliphatic heterocycles. The average molecular weight is 514 g/mol. The molecule has 2 aromatic carbocycles. The number of hydrogen-bond acceptors (Lipinski definition) is 6. The maximum atomic E-state index is 13.2. The SMILES string of the molecule is COc1ccc(N2CCN(C)CC2)c2c1CCN(C(=O)Nc1ccc(S(=O)(=O)N3CCCC3)cc1)C2. The Balaban J connectivity index is 1.30. The third-order valence-corrected chi connectivity index (χ3v) is 9.42. The minimum Gasteiger partial charge on any atom is -0.496 e. The topological polar surface area (TPSA) is 85.4 Å². The van der Waals surface area contributed by atoms with E-state index in [0.29, 0.717) is 31.9 Å². The maximum absolute atomic E-state index is 13.2. The normalized spacial score (nSPS) is 19.3. The summed E-state index contributed by atoms with van der Waals surface area (Å²) < 4.78 is 32.7. The van der Waals surface area contributed by atoms with Gasteiger partial charge in [-0.25, -0.2) is 13.2 Å². The molecule has 5 rings (SSSR count). The van der Waals surface area contributed by atoms with Crippen molar-refractivity contribution in [2.45, 2.75) is 30.7 Å². The summed E-state index contributed by atoms with van der Waals surface area (Å²) in [4.78, 5) is 20.0. The van der Waals surface area contributed by atoms with Crippen molar-refractivity contribution in [1.82, 2.24) is 14.1 Å². The summed E-state index contributed by atoms with van der Waals surface area (Å²) in [5.41, 5.74) is 4.07. The fourth-order valence-electron chi connectivity index (χ4n) is 5.32.